The van der Waals surface area contributed by atoms with E-state index >= 15 is 0 Å². The summed E-state index contributed by atoms with van der Waals surface area (Å²) in [5, 5.41) is 0.834. The van der Waals surface area contributed by atoms with Gasteiger partial charge in [0.15, 0.2) is 5.82 Å². The lowest BCUT2D eigenvalue weighted by Gasteiger charge is -2.12. The molecular weight excluding hydrogens is 362 g/mol. The van der Waals surface area contributed by atoms with E-state index in [0.29, 0.717) is 6.54 Å². The molecule has 1 aliphatic rings. The first-order valence-electron chi connectivity index (χ1n) is 8.19. The van der Waals surface area contributed by atoms with E-state index in [0.717, 1.165) is 39.8 Å². The Morgan fingerprint density at radius 3 is 2.88 bits per heavy atom. The Hall–Kier alpha value is -1.21. The third kappa shape index (κ3) is 3.16. The van der Waals surface area contributed by atoms with Gasteiger partial charge in [-0.3, -0.25) is 4.79 Å². The van der Waals surface area contributed by atoms with Crippen LogP contribution in [0.15, 0.2) is 16.9 Å². The average Bonchev–Trinajstić information content (AvgIpc) is 3.10. The fourth-order valence-corrected chi connectivity index (χ4v) is 5.87. The molecule has 2 N–H and O–H groups in total. The van der Waals surface area contributed by atoms with Crippen LogP contribution in [0.3, 0.4) is 0 Å². The topological polar surface area (TPSA) is 50.2 Å². The number of hydrogen-bond donors (Lipinski definition) is 2. The Morgan fingerprint density at radius 1 is 1.25 bits per heavy atom. The van der Waals surface area contributed by atoms with Crippen molar-refractivity contribution >= 4 is 44.5 Å². The minimum absolute atomic E-state index is 0.0290. The molecule has 1 aliphatic carbocycles. The van der Waals surface area contributed by atoms with E-state index in [-0.39, 0.29) is 5.56 Å². The van der Waals surface area contributed by atoms with Crippen molar-refractivity contribution < 1.29 is 4.90 Å². The van der Waals surface area contributed by atoms with Crippen LogP contribution in [0, 0.1) is 0 Å². The SMILES string of the molecule is C[NH+](Cc1nc2sc3c(c2c(=O)[nH]1)CCCC3)Cc1ccc(Cl)s1. The molecule has 3 aromatic rings. The Kier molecular flexibility index (Phi) is 4.47. The number of quaternary nitrogens is 1. The van der Waals surface area contributed by atoms with E-state index in [1.54, 1.807) is 22.7 Å². The van der Waals surface area contributed by atoms with Crippen LogP contribution in [-0.2, 0) is 25.9 Å². The molecule has 3 aromatic heterocycles. The fourth-order valence-electron chi connectivity index (χ4n) is 3.38. The Morgan fingerprint density at radius 2 is 2.08 bits per heavy atom. The minimum atomic E-state index is 0.0290. The summed E-state index contributed by atoms with van der Waals surface area (Å²) in [6.45, 7) is 1.57. The van der Waals surface area contributed by atoms with Crippen LogP contribution in [0.2, 0.25) is 4.34 Å². The molecule has 0 bridgehead atoms. The van der Waals surface area contributed by atoms with Gasteiger partial charge >= 0.3 is 0 Å². The predicted octanol–water partition coefficient (Wildman–Crippen LogP) is 2.79. The molecule has 4 nitrogen and oxygen atoms in total. The number of halogens is 1. The molecule has 0 saturated heterocycles. The molecule has 0 radical (unpaired) electrons. The van der Waals surface area contributed by atoms with E-state index in [2.05, 4.69) is 18.1 Å². The normalized spacial score (nSPS) is 15.6. The van der Waals surface area contributed by atoms with Crippen molar-refractivity contribution in [1.82, 2.24) is 9.97 Å². The van der Waals surface area contributed by atoms with Crippen molar-refractivity contribution in [2.45, 2.75) is 38.8 Å². The van der Waals surface area contributed by atoms with Crippen molar-refractivity contribution in [1.29, 1.82) is 0 Å². The minimum Gasteiger partial charge on any atom is -0.327 e. The summed E-state index contributed by atoms with van der Waals surface area (Å²) < 4.78 is 0.815. The first-order chi connectivity index (χ1) is 11.6. The second-order valence-corrected chi connectivity index (χ2v) is 9.30. The van der Waals surface area contributed by atoms with E-state index in [4.69, 9.17) is 16.6 Å². The van der Waals surface area contributed by atoms with E-state index < -0.39 is 0 Å². The average molecular weight is 381 g/mol. The molecule has 1 unspecified atom stereocenters. The first kappa shape index (κ1) is 16.3. The van der Waals surface area contributed by atoms with Gasteiger partial charge in [0, 0.05) is 4.88 Å². The van der Waals surface area contributed by atoms with E-state index in [1.165, 1.54) is 33.1 Å². The van der Waals surface area contributed by atoms with Crippen LogP contribution in [0.25, 0.3) is 10.2 Å². The Bertz CT molecular complexity index is 943. The summed E-state index contributed by atoms with van der Waals surface area (Å²) in [7, 11) is 2.11. The zero-order chi connectivity index (χ0) is 16.7. The highest BCUT2D eigenvalue weighted by atomic mass is 35.5. The number of aromatic nitrogens is 2. The second-order valence-electron chi connectivity index (χ2n) is 6.42. The summed E-state index contributed by atoms with van der Waals surface area (Å²) >= 11 is 9.30. The van der Waals surface area contributed by atoms with Crippen molar-refractivity contribution in [3.8, 4) is 0 Å². The number of nitrogens with zero attached hydrogens (tertiary/aromatic N) is 1. The monoisotopic (exact) mass is 380 g/mol. The highest BCUT2D eigenvalue weighted by molar-refractivity contribution is 7.18. The van der Waals surface area contributed by atoms with Gasteiger partial charge in [-0.25, -0.2) is 4.98 Å². The highest BCUT2D eigenvalue weighted by Crippen LogP contribution is 2.33. The van der Waals surface area contributed by atoms with Crippen molar-refractivity contribution in [2.24, 2.45) is 0 Å². The lowest BCUT2D eigenvalue weighted by atomic mass is 9.97. The molecule has 3 heterocycles. The smallest absolute Gasteiger partial charge is 0.260 e. The molecule has 0 aliphatic heterocycles. The molecule has 126 valence electrons. The summed E-state index contributed by atoms with van der Waals surface area (Å²) in [5.41, 5.74) is 1.27. The lowest BCUT2D eigenvalue weighted by molar-refractivity contribution is -0.908. The molecule has 1 atom stereocenters. The van der Waals surface area contributed by atoms with Gasteiger partial charge in [-0.1, -0.05) is 11.6 Å². The molecule has 0 spiro atoms. The van der Waals surface area contributed by atoms with Gasteiger partial charge in [-0.05, 0) is 43.4 Å². The molecule has 24 heavy (non-hydrogen) atoms. The number of rotatable bonds is 4. The van der Waals surface area contributed by atoms with Crippen LogP contribution in [0.4, 0.5) is 0 Å². The van der Waals surface area contributed by atoms with E-state index in [9.17, 15) is 4.79 Å². The third-order valence-corrected chi connectivity index (χ3v) is 6.87. The van der Waals surface area contributed by atoms with Crippen LogP contribution >= 0.6 is 34.3 Å². The zero-order valence-corrected chi connectivity index (χ0v) is 15.8. The number of thiophene rings is 2. The molecule has 0 fully saturated rings. The van der Waals surface area contributed by atoms with Crippen molar-refractivity contribution in [3.05, 3.63) is 48.0 Å². The first-order valence-corrected chi connectivity index (χ1v) is 10.2. The van der Waals surface area contributed by atoms with Gasteiger partial charge in [0.1, 0.15) is 17.9 Å². The molecule has 0 saturated carbocycles. The quantitative estimate of drug-likeness (QED) is 0.731. The van der Waals surface area contributed by atoms with Gasteiger partial charge < -0.3 is 9.88 Å². The van der Waals surface area contributed by atoms with Crippen LogP contribution in [-0.4, -0.2) is 17.0 Å². The van der Waals surface area contributed by atoms with Crippen LogP contribution in [0.1, 0.15) is 34.0 Å². The van der Waals surface area contributed by atoms with E-state index in [1.807, 2.05) is 6.07 Å². The van der Waals surface area contributed by atoms with Crippen molar-refractivity contribution in [2.75, 3.05) is 7.05 Å². The third-order valence-electron chi connectivity index (χ3n) is 4.45. The van der Waals surface area contributed by atoms with Gasteiger partial charge in [0.2, 0.25) is 0 Å². The van der Waals surface area contributed by atoms with Gasteiger partial charge in [0.25, 0.3) is 5.56 Å². The largest absolute Gasteiger partial charge is 0.327 e. The van der Waals surface area contributed by atoms with Crippen LogP contribution < -0.4 is 10.5 Å². The standard InChI is InChI=1S/C17H18ClN3OS2/c1-21(8-10-6-7-13(18)23-10)9-14-19-16(22)15-11-4-2-3-5-12(11)24-17(15)20-14/h6-7H,2-5,8-9H2,1H3,(H,19,20,22)/p+1. The number of aryl methyl sites for hydroxylation is 2. The van der Waals surface area contributed by atoms with Crippen LogP contribution in [0.5, 0.6) is 0 Å². The zero-order valence-electron chi connectivity index (χ0n) is 13.4. The molecule has 7 heteroatoms. The van der Waals surface area contributed by atoms with Gasteiger partial charge in [0.05, 0.1) is 21.6 Å². The molecule has 0 aromatic carbocycles. The maximum absolute atomic E-state index is 12.6. The lowest BCUT2D eigenvalue weighted by Crippen LogP contribution is -3.06. The summed E-state index contributed by atoms with van der Waals surface area (Å²) in [4.78, 5) is 25.1. The van der Waals surface area contributed by atoms with Gasteiger partial charge in [-0.15, -0.1) is 22.7 Å². The van der Waals surface area contributed by atoms with Gasteiger partial charge in [-0.2, -0.15) is 0 Å². The number of H-pyrrole nitrogens is 1. The summed E-state index contributed by atoms with van der Waals surface area (Å²) in [6.07, 6.45) is 4.51. The predicted molar refractivity (Wildman–Crippen MR) is 101 cm³/mol. The highest BCUT2D eigenvalue weighted by Gasteiger charge is 2.20. The molecular formula is C17H19ClN3OS2+. The number of aromatic amines is 1. The molecule has 0 amide bonds. The number of hydrogen-bond acceptors (Lipinski definition) is 4. The number of fused-ring (bicyclic) bond motifs is 3. The summed E-state index contributed by atoms with van der Waals surface area (Å²) in [6, 6.07) is 3.99. The maximum Gasteiger partial charge on any atom is 0.260 e. The molecule has 4 rings (SSSR count). The Labute approximate surface area is 153 Å². The maximum atomic E-state index is 12.6. The fraction of sp³-hybridized carbons (Fsp3) is 0.412. The second kappa shape index (κ2) is 6.59. The van der Waals surface area contributed by atoms with Crippen molar-refractivity contribution in [3.63, 3.8) is 0 Å². The Balaban J connectivity index is 1.59. The number of nitrogens with one attached hydrogen (secondary N) is 2. The summed E-state index contributed by atoms with van der Waals surface area (Å²) in [5.74, 6) is 0.770.